The topological polar surface area (TPSA) is 110 Å². The molecule has 1 saturated carbocycles. The minimum absolute atomic E-state index is 0.0449. The first-order valence-corrected chi connectivity index (χ1v) is 6.95. The summed E-state index contributed by atoms with van der Waals surface area (Å²) in [5, 5.41) is 11.2. The number of hydrogen-bond acceptors (Lipinski definition) is 7. The average Bonchev–Trinajstić information content (AvgIpc) is 2.94. The summed E-state index contributed by atoms with van der Waals surface area (Å²) >= 11 is 0. The molecule has 0 spiro atoms. The molecule has 2 atom stereocenters. The fourth-order valence-electron chi connectivity index (χ4n) is 3.49. The number of piperidine rings is 1. The van der Waals surface area contributed by atoms with Crippen molar-refractivity contribution in [2.45, 2.75) is 38.1 Å². The number of fused-ring (bicyclic) bond motifs is 1. The van der Waals surface area contributed by atoms with Crippen molar-refractivity contribution >= 4 is 17.5 Å². The van der Waals surface area contributed by atoms with Gasteiger partial charge in [-0.3, -0.25) is 15.5 Å². The number of nitrogens with zero attached hydrogens (tertiary/aromatic N) is 4. The van der Waals surface area contributed by atoms with Gasteiger partial charge >= 0.3 is 5.69 Å². The molecule has 1 aromatic heterocycles. The second kappa shape index (κ2) is 5.20. The first-order chi connectivity index (χ1) is 9.70. The highest BCUT2D eigenvalue weighted by atomic mass is 16.6. The van der Waals surface area contributed by atoms with Gasteiger partial charge in [-0.15, -0.1) is 0 Å². The Hall–Kier alpha value is -1.96. The summed E-state index contributed by atoms with van der Waals surface area (Å²) in [7, 11) is 0. The van der Waals surface area contributed by atoms with E-state index in [0.29, 0.717) is 17.8 Å². The Morgan fingerprint density at radius 1 is 1.40 bits per heavy atom. The second-order valence-electron chi connectivity index (χ2n) is 5.40. The largest absolute Gasteiger partial charge is 0.347 e. The van der Waals surface area contributed by atoms with Crippen molar-refractivity contribution in [3.05, 3.63) is 16.3 Å². The van der Waals surface area contributed by atoms with Crippen molar-refractivity contribution in [1.82, 2.24) is 9.97 Å². The molecule has 2 fully saturated rings. The fourth-order valence-corrected chi connectivity index (χ4v) is 3.49. The highest BCUT2D eigenvalue weighted by Crippen LogP contribution is 2.40. The number of hydrogen-bond donors (Lipinski definition) is 2. The van der Waals surface area contributed by atoms with E-state index in [4.69, 9.17) is 5.84 Å². The lowest BCUT2D eigenvalue weighted by Gasteiger charge is -2.38. The Bertz CT molecular complexity index is 523. The zero-order valence-corrected chi connectivity index (χ0v) is 11.2. The van der Waals surface area contributed by atoms with Gasteiger partial charge in [-0.2, -0.15) is 4.98 Å². The van der Waals surface area contributed by atoms with E-state index < -0.39 is 4.92 Å². The van der Waals surface area contributed by atoms with Gasteiger partial charge in [-0.05, 0) is 31.6 Å². The summed E-state index contributed by atoms with van der Waals surface area (Å²) in [6, 6.07) is 0.364. The van der Waals surface area contributed by atoms with E-state index in [1.165, 1.54) is 25.5 Å². The molecule has 2 aliphatic rings. The molecule has 0 radical (unpaired) electrons. The number of aromatic nitrogens is 2. The Kier molecular flexibility index (Phi) is 3.39. The van der Waals surface area contributed by atoms with Crippen LogP contribution in [-0.2, 0) is 0 Å². The van der Waals surface area contributed by atoms with E-state index in [0.717, 1.165) is 19.4 Å². The number of hydrazine groups is 1. The SMILES string of the molecule is NNc1ncc([N+](=O)[O-])c(N2CCCC3CCCC32)n1. The predicted octanol–water partition coefficient (Wildman–Crippen LogP) is 1.44. The molecular formula is C12H18N6O2. The van der Waals surface area contributed by atoms with Gasteiger partial charge in [0, 0.05) is 12.6 Å². The van der Waals surface area contributed by atoms with Crippen molar-refractivity contribution in [3.8, 4) is 0 Å². The van der Waals surface area contributed by atoms with Crippen molar-refractivity contribution in [2.24, 2.45) is 11.8 Å². The van der Waals surface area contributed by atoms with Gasteiger partial charge < -0.3 is 4.90 Å². The van der Waals surface area contributed by atoms with Crippen LogP contribution in [-0.4, -0.2) is 27.5 Å². The van der Waals surface area contributed by atoms with E-state index >= 15 is 0 Å². The molecule has 3 rings (SSSR count). The highest BCUT2D eigenvalue weighted by molar-refractivity contribution is 5.59. The van der Waals surface area contributed by atoms with Gasteiger partial charge in [0.2, 0.25) is 11.8 Å². The minimum atomic E-state index is -0.422. The molecular weight excluding hydrogens is 260 g/mol. The maximum atomic E-state index is 11.2. The Labute approximate surface area is 116 Å². The van der Waals surface area contributed by atoms with E-state index in [9.17, 15) is 10.1 Å². The van der Waals surface area contributed by atoms with Crippen molar-refractivity contribution in [3.63, 3.8) is 0 Å². The van der Waals surface area contributed by atoms with Gasteiger partial charge in [0.15, 0.2) is 0 Å². The lowest BCUT2D eigenvalue weighted by atomic mass is 9.92. The molecule has 1 aromatic rings. The number of nitrogens with one attached hydrogen (secondary N) is 1. The van der Waals surface area contributed by atoms with Crippen LogP contribution in [0.4, 0.5) is 17.5 Å². The van der Waals surface area contributed by atoms with Crippen LogP contribution < -0.4 is 16.2 Å². The first-order valence-electron chi connectivity index (χ1n) is 6.95. The molecule has 2 unspecified atom stereocenters. The number of anilines is 2. The van der Waals surface area contributed by atoms with Crippen molar-refractivity contribution in [1.29, 1.82) is 0 Å². The number of nitrogens with two attached hydrogens (primary N) is 1. The molecule has 8 heteroatoms. The second-order valence-corrected chi connectivity index (χ2v) is 5.40. The van der Waals surface area contributed by atoms with E-state index in [-0.39, 0.29) is 11.6 Å². The predicted molar refractivity (Wildman–Crippen MR) is 74.2 cm³/mol. The maximum Gasteiger partial charge on any atom is 0.329 e. The zero-order valence-electron chi connectivity index (χ0n) is 11.2. The Morgan fingerprint density at radius 2 is 2.20 bits per heavy atom. The molecule has 108 valence electrons. The molecule has 0 aromatic carbocycles. The third-order valence-corrected chi connectivity index (χ3v) is 4.34. The van der Waals surface area contributed by atoms with Gasteiger partial charge in [-0.1, -0.05) is 6.42 Å². The molecule has 2 heterocycles. The first kappa shape index (κ1) is 13.0. The molecule has 20 heavy (non-hydrogen) atoms. The van der Waals surface area contributed by atoms with Crippen LogP contribution in [0.5, 0.6) is 0 Å². The maximum absolute atomic E-state index is 11.2. The summed E-state index contributed by atoms with van der Waals surface area (Å²) in [5.74, 6) is 6.56. The summed E-state index contributed by atoms with van der Waals surface area (Å²) in [4.78, 5) is 20.9. The van der Waals surface area contributed by atoms with Crippen molar-refractivity contribution < 1.29 is 4.92 Å². The standard InChI is InChI=1S/C12H18N6O2/c13-16-12-14-7-10(18(19)20)11(15-12)17-6-2-4-8-3-1-5-9(8)17/h7-9H,1-6,13H2,(H,14,15,16). The van der Waals surface area contributed by atoms with Crippen molar-refractivity contribution in [2.75, 3.05) is 16.9 Å². The van der Waals surface area contributed by atoms with Crippen LogP contribution in [0, 0.1) is 16.0 Å². The van der Waals surface area contributed by atoms with Gasteiger partial charge in [0.1, 0.15) is 6.20 Å². The molecule has 1 aliphatic heterocycles. The molecule has 1 saturated heterocycles. The van der Waals surface area contributed by atoms with Crippen LogP contribution in [0.25, 0.3) is 0 Å². The Morgan fingerprint density at radius 3 is 2.95 bits per heavy atom. The molecule has 8 nitrogen and oxygen atoms in total. The van der Waals surface area contributed by atoms with E-state index in [1.54, 1.807) is 0 Å². The lowest BCUT2D eigenvalue weighted by Crippen LogP contribution is -2.43. The summed E-state index contributed by atoms with van der Waals surface area (Å²) in [6.07, 6.45) is 6.97. The molecule has 0 amide bonds. The van der Waals surface area contributed by atoms with Crippen LogP contribution >= 0.6 is 0 Å². The monoisotopic (exact) mass is 278 g/mol. The summed E-state index contributed by atoms with van der Waals surface area (Å²) < 4.78 is 0. The van der Waals surface area contributed by atoms with Gasteiger partial charge in [0.05, 0.1) is 4.92 Å². The van der Waals surface area contributed by atoms with E-state index in [1.807, 2.05) is 0 Å². The number of nitro groups is 1. The molecule has 0 bridgehead atoms. The lowest BCUT2D eigenvalue weighted by molar-refractivity contribution is -0.384. The minimum Gasteiger partial charge on any atom is -0.347 e. The number of nitrogen functional groups attached to an aromatic ring is 1. The van der Waals surface area contributed by atoms with E-state index in [2.05, 4.69) is 20.3 Å². The van der Waals surface area contributed by atoms with Gasteiger partial charge in [-0.25, -0.2) is 10.8 Å². The highest BCUT2D eigenvalue weighted by Gasteiger charge is 2.38. The third kappa shape index (κ3) is 2.15. The quantitative estimate of drug-likeness (QED) is 0.489. The average molecular weight is 278 g/mol. The van der Waals surface area contributed by atoms with Gasteiger partial charge in [0.25, 0.3) is 0 Å². The smallest absolute Gasteiger partial charge is 0.329 e. The van der Waals surface area contributed by atoms with Crippen LogP contribution in [0.15, 0.2) is 6.20 Å². The third-order valence-electron chi connectivity index (χ3n) is 4.34. The van der Waals surface area contributed by atoms with Crippen LogP contribution in [0.2, 0.25) is 0 Å². The zero-order chi connectivity index (χ0) is 14.1. The van der Waals surface area contributed by atoms with Crippen LogP contribution in [0.3, 0.4) is 0 Å². The Balaban J connectivity index is 2.00. The summed E-state index contributed by atoms with van der Waals surface area (Å²) in [6.45, 7) is 0.809. The molecule has 1 aliphatic carbocycles. The van der Waals surface area contributed by atoms with Crippen LogP contribution in [0.1, 0.15) is 32.1 Å². The summed E-state index contributed by atoms with van der Waals surface area (Å²) in [5.41, 5.74) is 2.32. The molecule has 3 N–H and O–H groups in total. The fraction of sp³-hybridized carbons (Fsp3) is 0.667. The normalized spacial score (nSPS) is 25.4. The number of rotatable bonds is 3.